The lowest BCUT2D eigenvalue weighted by atomic mass is 9.96. The third-order valence-corrected chi connectivity index (χ3v) is 2.26. The van der Waals surface area contributed by atoms with Crippen LogP contribution in [-0.4, -0.2) is 51.1 Å². The van der Waals surface area contributed by atoms with Gasteiger partial charge in [-0.1, -0.05) is 13.3 Å². The van der Waals surface area contributed by atoms with E-state index >= 15 is 0 Å². The molecule has 78 valence electrons. The minimum Gasteiger partial charge on any atom is -0.388 e. The Hall–Kier alpha value is -0.200. The van der Waals surface area contributed by atoms with Gasteiger partial charge in [0, 0.05) is 0 Å². The van der Waals surface area contributed by atoms with Crippen molar-refractivity contribution in [1.29, 1.82) is 0 Å². The molecule has 5 heteroatoms. The molecular weight excluding hydrogens is 176 g/mol. The topological polar surface area (TPSA) is 90.2 Å². The van der Waals surface area contributed by atoms with Crippen molar-refractivity contribution in [2.45, 2.75) is 50.5 Å². The summed E-state index contributed by atoms with van der Waals surface area (Å²) in [5.41, 5.74) is 0. The molecule has 1 aliphatic heterocycles. The highest BCUT2D eigenvalue weighted by atomic mass is 16.6. The van der Waals surface area contributed by atoms with Crippen LogP contribution in [0.15, 0.2) is 0 Å². The standard InChI is InChI=1S/C8H16O5/c1-2-3-4-5(9)6(10)7(11)8(12)13-4/h4-12H,2-3H2,1H3. The zero-order valence-corrected chi connectivity index (χ0v) is 7.50. The van der Waals surface area contributed by atoms with Crippen molar-refractivity contribution in [2.24, 2.45) is 0 Å². The molecule has 0 bridgehead atoms. The van der Waals surface area contributed by atoms with Crippen molar-refractivity contribution in [3.05, 3.63) is 0 Å². The van der Waals surface area contributed by atoms with Gasteiger partial charge in [-0.3, -0.25) is 0 Å². The van der Waals surface area contributed by atoms with E-state index in [0.29, 0.717) is 6.42 Å². The molecule has 1 rings (SSSR count). The van der Waals surface area contributed by atoms with Crippen molar-refractivity contribution >= 4 is 0 Å². The molecule has 0 aromatic heterocycles. The summed E-state index contributed by atoms with van der Waals surface area (Å²) < 4.78 is 4.92. The predicted molar refractivity (Wildman–Crippen MR) is 43.8 cm³/mol. The van der Waals surface area contributed by atoms with Crippen molar-refractivity contribution in [3.8, 4) is 0 Å². The second kappa shape index (κ2) is 4.34. The summed E-state index contributed by atoms with van der Waals surface area (Å²) in [6.45, 7) is 1.90. The van der Waals surface area contributed by atoms with Gasteiger partial charge in [-0.05, 0) is 6.42 Å². The van der Waals surface area contributed by atoms with Gasteiger partial charge in [0.1, 0.15) is 18.3 Å². The maximum Gasteiger partial charge on any atom is 0.183 e. The predicted octanol–water partition coefficient (Wildman–Crippen LogP) is -1.41. The normalized spacial score (nSPS) is 46.4. The quantitative estimate of drug-likeness (QED) is 0.431. The van der Waals surface area contributed by atoms with Gasteiger partial charge in [-0.15, -0.1) is 0 Å². The van der Waals surface area contributed by atoms with E-state index < -0.39 is 30.7 Å². The van der Waals surface area contributed by atoms with E-state index in [4.69, 9.17) is 14.9 Å². The monoisotopic (exact) mass is 192 g/mol. The molecule has 0 radical (unpaired) electrons. The SMILES string of the molecule is CCCC1OC(O)C(O)C(O)C1O. The van der Waals surface area contributed by atoms with Crippen LogP contribution in [0.2, 0.25) is 0 Å². The molecule has 4 N–H and O–H groups in total. The first-order chi connectivity index (χ1) is 6.07. The molecule has 1 saturated heterocycles. The Labute approximate surface area is 76.6 Å². The van der Waals surface area contributed by atoms with E-state index in [2.05, 4.69) is 0 Å². The van der Waals surface area contributed by atoms with Gasteiger partial charge in [-0.2, -0.15) is 0 Å². The van der Waals surface area contributed by atoms with E-state index in [1.165, 1.54) is 0 Å². The molecule has 5 nitrogen and oxygen atoms in total. The van der Waals surface area contributed by atoms with Crippen LogP contribution >= 0.6 is 0 Å². The molecule has 1 aliphatic rings. The number of ether oxygens (including phenoxy) is 1. The van der Waals surface area contributed by atoms with Gasteiger partial charge in [0.05, 0.1) is 6.10 Å². The first-order valence-corrected chi connectivity index (χ1v) is 4.45. The van der Waals surface area contributed by atoms with Gasteiger partial charge in [0.15, 0.2) is 6.29 Å². The molecule has 0 amide bonds. The Morgan fingerprint density at radius 1 is 1.00 bits per heavy atom. The zero-order chi connectivity index (χ0) is 10.0. The van der Waals surface area contributed by atoms with Crippen LogP contribution in [0.3, 0.4) is 0 Å². The molecule has 0 saturated carbocycles. The summed E-state index contributed by atoms with van der Waals surface area (Å²) in [7, 11) is 0. The van der Waals surface area contributed by atoms with Gasteiger partial charge in [-0.25, -0.2) is 0 Å². The zero-order valence-electron chi connectivity index (χ0n) is 7.50. The van der Waals surface area contributed by atoms with Gasteiger partial charge < -0.3 is 25.2 Å². The molecule has 0 aromatic carbocycles. The number of rotatable bonds is 2. The minimum absolute atomic E-state index is 0.544. The summed E-state index contributed by atoms with van der Waals surface area (Å²) in [5, 5.41) is 36.9. The van der Waals surface area contributed by atoms with Crippen molar-refractivity contribution < 1.29 is 25.2 Å². The molecule has 0 aliphatic carbocycles. The molecule has 5 atom stereocenters. The molecule has 0 spiro atoms. The van der Waals surface area contributed by atoms with E-state index in [-0.39, 0.29) is 0 Å². The Balaban J connectivity index is 2.59. The number of aliphatic hydroxyl groups excluding tert-OH is 4. The Morgan fingerprint density at radius 2 is 1.62 bits per heavy atom. The van der Waals surface area contributed by atoms with E-state index in [9.17, 15) is 10.2 Å². The molecule has 1 fully saturated rings. The highest BCUT2D eigenvalue weighted by molar-refractivity contribution is 4.88. The van der Waals surface area contributed by atoms with Crippen LogP contribution in [0.4, 0.5) is 0 Å². The molecular formula is C8H16O5. The smallest absolute Gasteiger partial charge is 0.183 e. The largest absolute Gasteiger partial charge is 0.388 e. The summed E-state index contributed by atoms with van der Waals surface area (Å²) in [4.78, 5) is 0. The Kier molecular flexibility index (Phi) is 3.63. The highest BCUT2D eigenvalue weighted by Crippen LogP contribution is 2.22. The lowest BCUT2D eigenvalue weighted by molar-refractivity contribution is -0.282. The fourth-order valence-corrected chi connectivity index (χ4v) is 1.45. The summed E-state index contributed by atoms with van der Waals surface area (Å²) in [6, 6.07) is 0. The van der Waals surface area contributed by atoms with E-state index in [0.717, 1.165) is 6.42 Å². The molecule has 1 heterocycles. The third-order valence-electron chi connectivity index (χ3n) is 2.26. The van der Waals surface area contributed by atoms with Crippen LogP contribution < -0.4 is 0 Å². The first-order valence-electron chi connectivity index (χ1n) is 4.45. The summed E-state index contributed by atoms with van der Waals surface area (Å²) >= 11 is 0. The first kappa shape index (κ1) is 10.9. The van der Waals surface area contributed by atoms with Gasteiger partial charge in [0.25, 0.3) is 0 Å². The van der Waals surface area contributed by atoms with Crippen molar-refractivity contribution in [1.82, 2.24) is 0 Å². The van der Waals surface area contributed by atoms with Crippen molar-refractivity contribution in [2.75, 3.05) is 0 Å². The lowest BCUT2D eigenvalue weighted by Crippen LogP contribution is -2.57. The van der Waals surface area contributed by atoms with E-state index in [1.807, 2.05) is 6.92 Å². The van der Waals surface area contributed by atoms with Crippen LogP contribution in [0.25, 0.3) is 0 Å². The Bertz CT molecular complexity index is 163. The van der Waals surface area contributed by atoms with E-state index in [1.54, 1.807) is 0 Å². The summed E-state index contributed by atoms with van der Waals surface area (Å²) in [5.74, 6) is 0. The van der Waals surface area contributed by atoms with Gasteiger partial charge >= 0.3 is 0 Å². The maximum atomic E-state index is 9.41. The van der Waals surface area contributed by atoms with Gasteiger partial charge in [0.2, 0.25) is 0 Å². The molecule has 0 aromatic rings. The fraction of sp³-hybridized carbons (Fsp3) is 1.00. The lowest BCUT2D eigenvalue weighted by Gasteiger charge is -2.38. The average Bonchev–Trinajstić information content (AvgIpc) is 2.11. The second-order valence-electron chi connectivity index (χ2n) is 3.33. The second-order valence-corrected chi connectivity index (χ2v) is 3.33. The number of hydrogen-bond acceptors (Lipinski definition) is 5. The van der Waals surface area contributed by atoms with Crippen LogP contribution in [0, 0.1) is 0 Å². The molecule has 5 unspecified atom stereocenters. The van der Waals surface area contributed by atoms with Crippen LogP contribution in [0.5, 0.6) is 0 Å². The molecule has 13 heavy (non-hydrogen) atoms. The third kappa shape index (κ3) is 2.18. The summed E-state index contributed by atoms with van der Waals surface area (Å²) in [6.07, 6.45) is -4.57. The number of hydrogen-bond donors (Lipinski definition) is 4. The maximum absolute atomic E-state index is 9.41. The van der Waals surface area contributed by atoms with Crippen LogP contribution in [-0.2, 0) is 4.74 Å². The fourth-order valence-electron chi connectivity index (χ4n) is 1.45. The number of aliphatic hydroxyl groups is 4. The Morgan fingerprint density at radius 3 is 2.15 bits per heavy atom. The average molecular weight is 192 g/mol. The minimum atomic E-state index is -1.43. The van der Waals surface area contributed by atoms with Crippen molar-refractivity contribution in [3.63, 3.8) is 0 Å². The highest BCUT2D eigenvalue weighted by Gasteiger charge is 2.42. The van der Waals surface area contributed by atoms with Crippen LogP contribution in [0.1, 0.15) is 19.8 Å².